The van der Waals surface area contributed by atoms with Crippen LogP contribution in [0.15, 0.2) is 35.4 Å². The fraction of sp³-hybridized carbons (Fsp3) is 0.545. The number of carbonyl (C=O) groups excluding carboxylic acids is 7. The first-order chi connectivity index (χ1) is 38.0. The largest absolute Gasteiger partial charge is 0.507 e. The summed E-state index contributed by atoms with van der Waals surface area (Å²) in [7, 11) is 4.76. The molecule has 430 valence electrons. The number of aromatic hydroxyl groups is 2. The Balaban J connectivity index is 0.000000247. The monoisotopic (exact) mass is 1120 g/mol. The number of nitrogens with one attached hydrogen (secondary N) is 6. The van der Waals surface area contributed by atoms with Crippen molar-refractivity contribution in [2.75, 3.05) is 93.4 Å². The number of benzene rings is 2. The van der Waals surface area contributed by atoms with Crippen molar-refractivity contribution >= 4 is 53.2 Å². The normalized spacial score (nSPS) is 19.4. The maximum absolute atomic E-state index is 13.4. The molecule has 0 spiro atoms. The van der Waals surface area contributed by atoms with Crippen LogP contribution in [0.4, 0.5) is 0 Å². The van der Waals surface area contributed by atoms with Gasteiger partial charge in [0.2, 0.25) is 23.5 Å². The molecule has 2 aliphatic carbocycles. The van der Waals surface area contributed by atoms with Crippen LogP contribution in [0, 0.1) is 17.2 Å². The van der Waals surface area contributed by atoms with Gasteiger partial charge in [0.15, 0.2) is 12.1 Å². The van der Waals surface area contributed by atoms with Gasteiger partial charge in [-0.2, -0.15) is 5.26 Å². The Morgan fingerprint density at radius 1 is 0.899 bits per heavy atom. The van der Waals surface area contributed by atoms with Crippen LogP contribution in [0.1, 0.15) is 112 Å². The number of nitriles is 1. The first-order valence-electron chi connectivity index (χ1n) is 26.5. The number of amides is 4. The maximum Gasteiger partial charge on any atom is 0.269 e. The molecule has 2 aromatic carbocycles. The zero-order valence-corrected chi connectivity index (χ0v) is 46.6. The maximum atomic E-state index is 13.4. The van der Waals surface area contributed by atoms with Crippen molar-refractivity contribution in [1.29, 1.82) is 5.26 Å². The average molecular weight is 1120 g/mol. The third kappa shape index (κ3) is 17.5. The van der Waals surface area contributed by atoms with Crippen molar-refractivity contribution < 1.29 is 67.8 Å². The standard InChI is InChI=1S/C29H36N4O7.C15H18N4O3S.C11H21NO4/c1-30-15-21(34)32-12-4-10-31-11-5-13-33-29(39)16-8-9-17-19(14-16)27(37)23-24(25(17)35)28(38)22-18(26(23)36)6-3-7-20(22)40-2;1-10(2)23-15-11(9-16)3-4-12(19-15)14(22)18-6-5-13(21)17-7-8-20;1-8-11(13)9(3-5-15-8)12-4-6-16-10(7-12)14-2/h3,6-7,16,30-31,35,37H,4-5,8-15H2,1-2H3,(H,32,34)(H,33,39);3-4,8,10H,5-7H2,1-2H3,(H,17,21)(H,18,22);8-11,13H,3-7H2,1-2H3/t16-;;/m0../s1. The minimum absolute atomic E-state index is 0.0370. The number of hydrogen-bond donors (Lipinski definition) is 9. The number of thioether (sulfide) groups is 1. The summed E-state index contributed by atoms with van der Waals surface area (Å²) >= 11 is 1.41. The average Bonchev–Trinajstić information content (AvgIpc) is 3.58. The van der Waals surface area contributed by atoms with E-state index in [0.717, 1.165) is 45.5 Å². The lowest BCUT2D eigenvalue weighted by molar-refractivity contribution is -0.190. The van der Waals surface area contributed by atoms with Crippen molar-refractivity contribution in [2.24, 2.45) is 5.92 Å². The Kier molecular flexibility index (Phi) is 25.5. The Morgan fingerprint density at radius 2 is 1.62 bits per heavy atom. The Hall–Kier alpha value is -6.56. The molecule has 2 fully saturated rings. The topological polar surface area (TPSA) is 329 Å². The van der Waals surface area contributed by atoms with Gasteiger partial charge >= 0.3 is 0 Å². The van der Waals surface area contributed by atoms with E-state index in [2.05, 4.69) is 41.8 Å². The van der Waals surface area contributed by atoms with E-state index in [1.165, 1.54) is 31.0 Å². The first-order valence-corrected chi connectivity index (χ1v) is 27.4. The van der Waals surface area contributed by atoms with Crippen molar-refractivity contribution in [3.63, 3.8) is 0 Å². The van der Waals surface area contributed by atoms with Crippen LogP contribution in [-0.2, 0) is 46.2 Å². The highest BCUT2D eigenvalue weighted by molar-refractivity contribution is 7.99. The second kappa shape index (κ2) is 31.9. The number of methoxy groups -OCH3 is 2. The number of pyridine rings is 1. The molecule has 0 radical (unpaired) electrons. The molecule has 23 nitrogen and oxygen atoms in total. The number of ketones is 2. The molecule has 3 heterocycles. The molecule has 24 heteroatoms. The number of ether oxygens (including phenoxy) is 4. The summed E-state index contributed by atoms with van der Waals surface area (Å²) in [5, 5.41) is 58.9. The number of rotatable bonds is 22. The Morgan fingerprint density at radius 3 is 2.30 bits per heavy atom. The number of nitrogens with zero attached hydrogens (tertiary/aromatic N) is 3. The van der Waals surface area contributed by atoms with Gasteiger partial charge in [0.25, 0.3) is 5.91 Å². The minimum atomic E-state index is -0.579. The zero-order valence-electron chi connectivity index (χ0n) is 45.7. The van der Waals surface area contributed by atoms with Gasteiger partial charge in [-0.15, -0.1) is 11.8 Å². The predicted octanol–water partition coefficient (Wildman–Crippen LogP) is 1.53. The van der Waals surface area contributed by atoms with Crippen LogP contribution in [-0.4, -0.2) is 190 Å². The van der Waals surface area contributed by atoms with Crippen LogP contribution in [0.3, 0.4) is 0 Å². The van der Waals surface area contributed by atoms with Gasteiger partial charge in [-0.3, -0.25) is 33.7 Å². The molecular weight excluding hydrogens is 1040 g/mol. The quantitative estimate of drug-likeness (QED) is 0.0233. The summed E-state index contributed by atoms with van der Waals surface area (Å²) in [6, 6.07) is 9.90. The molecule has 3 aromatic rings. The van der Waals surface area contributed by atoms with Gasteiger partial charge in [-0.05, 0) is 83.8 Å². The highest BCUT2D eigenvalue weighted by Crippen LogP contribution is 2.47. The molecule has 2 saturated heterocycles. The van der Waals surface area contributed by atoms with Crippen molar-refractivity contribution in [3.05, 3.63) is 75.0 Å². The van der Waals surface area contributed by atoms with Crippen LogP contribution in [0.2, 0.25) is 0 Å². The highest BCUT2D eigenvalue weighted by atomic mass is 32.2. The third-order valence-electron chi connectivity index (χ3n) is 13.5. The first kappa shape index (κ1) is 63.3. The number of phenolic OH excluding ortho intramolecular Hbond substituents is 2. The second-order valence-corrected chi connectivity index (χ2v) is 20.8. The molecule has 2 aliphatic heterocycles. The zero-order chi connectivity index (χ0) is 57.6. The Bertz CT molecular complexity index is 2670. The van der Waals surface area contributed by atoms with Crippen molar-refractivity contribution in [2.45, 2.75) is 101 Å². The summed E-state index contributed by atoms with van der Waals surface area (Å²) in [5.74, 6) is -2.96. The Labute approximate surface area is 464 Å². The molecular formula is C55H75N9O14S. The van der Waals surface area contributed by atoms with E-state index in [1.807, 2.05) is 26.8 Å². The fourth-order valence-electron chi connectivity index (χ4n) is 9.41. The summed E-state index contributed by atoms with van der Waals surface area (Å²) in [6.07, 6.45) is 3.27. The van der Waals surface area contributed by atoms with E-state index in [1.54, 1.807) is 32.4 Å². The van der Waals surface area contributed by atoms with E-state index < -0.39 is 29.5 Å². The molecule has 7 rings (SSSR count). The predicted molar refractivity (Wildman–Crippen MR) is 291 cm³/mol. The van der Waals surface area contributed by atoms with E-state index in [4.69, 9.17) is 24.2 Å². The highest BCUT2D eigenvalue weighted by Gasteiger charge is 2.41. The number of aromatic nitrogens is 1. The van der Waals surface area contributed by atoms with Crippen LogP contribution in [0.5, 0.6) is 17.2 Å². The number of aliphatic hydroxyl groups is 1. The molecule has 4 unspecified atom stereocenters. The fourth-order valence-corrected chi connectivity index (χ4v) is 10.3. The molecule has 9 N–H and O–H groups in total. The van der Waals surface area contributed by atoms with Gasteiger partial charge in [-0.25, -0.2) is 4.98 Å². The number of phenols is 2. The number of aliphatic hydroxyl groups excluding tert-OH is 1. The van der Waals surface area contributed by atoms with Crippen LogP contribution < -0.4 is 36.6 Å². The van der Waals surface area contributed by atoms with E-state index in [9.17, 15) is 48.9 Å². The summed E-state index contributed by atoms with van der Waals surface area (Å²) < 4.78 is 21.3. The van der Waals surface area contributed by atoms with Crippen molar-refractivity contribution in [1.82, 2.24) is 41.8 Å². The molecule has 0 saturated carbocycles. The summed E-state index contributed by atoms with van der Waals surface area (Å²) in [5.41, 5.74) is 1.07. The number of fused-ring (bicyclic) bond motifs is 3. The number of aldehydes is 1. The number of carbonyl (C=O) groups is 7. The lowest BCUT2D eigenvalue weighted by Crippen LogP contribution is -2.57. The van der Waals surface area contributed by atoms with Crippen molar-refractivity contribution in [3.8, 4) is 23.3 Å². The van der Waals surface area contributed by atoms with E-state index >= 15 is 0 Å². The summed E-state index contributed by atoms with van der Waals surface area (Å²) in [6.45, 7) is 11.7. The van der Waals surface area contributed by atoms with Gasteiger partial charge in [-0.1, -0.05) is 26.0 Å². The summed E-state index contributed by atoms with van der Waals surface area (Å²) in [4.78, 5) is 90.9. The van der Waals surface area contributed by atoms with E-state index in [0.29, 0.717) is 67.2 Å². The van der Waals surface area contributed by atoms with Gasteiger partial charge in [0.05, 0.1) is 61.3 Å². The number of likely N-dealkylation sites (N-methyl/N-ethyl adjacent to an activating group) is 1. The molecule has 79 heavy (non-hydrogen) atoms. The van der Waals surface area contributed by atoms with E-state index in [-0.39, 0.29) is 119 Å². The molecule has 4 aliphatic rings. The second-order valence-electron chi connectivity index (χ2n) is 19.3. The molecule has 4 amide bonds. The SMILES string of the molecule is CC(C)Sc1nc(C(=O)NCCC(=O)NCC=O)ccc1C#N.CNCC(=O)NCCCNCCCNC(=O)[C@H]1CCc2c(O)c3c(c(O)c2C1)C(=O)c1cccc(OC)c1C3=O.COC1CN(C2CCOC(C)C2O)CCO1. The smallest absolute Gasteiger partial charge is 0.269 e. The molecule has 5 atom stereocenters. The van der Waals surface area contributed by atoms with Gasteiger partial charge < -0.3 is 71.0 Å². The number of hydrogen-bond acceptors (Lipinski definition) is 20. The molecule has 0 bridgehead atoms. The van der Waals surface area contributed by atoms with Gasteiger partial charge in [0, 0.05) is 86.8 Å². The number of morpholine rings is 1. The minimum Gasteiger partial charge on any atom is -0.507 e. The lowest BCUT2D eigenvalue weighted by atomic mass is 9.75. The lowest BCUT2D eigenvalue weighted by Gasteiger charge is -2.43. The molecule has 1 aromatic heterocycles. The third-order valence-corrected chi connectivity index (χ3v) is 14.5. The van der Waals surface area contributed by atoms with Crippen LogP contribution >= 0.6 is 11.8 Å². The van der Waals surface area contributed by atoms with Crippen LogP contribution in [0.25, 0.3) is 0 Å². The van der Waals surface area contributed by atoms with Gasteiger partial charge in [0.1, 0.15) is 40.3 Å².